The number of carbonyl (C=O) groups excluding carboxylic acids is 1. The fourth-order valence-corrected chi connectivity index (χ4v) is 1.85. The summed E-state index contributed by atoms with van der Waals surface area (Å²) in [6.45, 7) is 1.26. The second-order valence-corrected chi connectivity index (χ2v) is 4.20. The van der Waals surface area contributed by atoms with E-state index in [1.54, 1.807) is 0 Å². The van der Waals surface area contributed by atoms with Crippen molar-refractivity contribution in [2.24, 2.45) is 0 Å². The molecule has 104 valence electrons. The number of nitrogens with one attached hydrogen (secondary N) is 1. The summed E-state index contributed by atoms with van der Waals surface area (Å²) >= 11 is 0. The molecule has 0 atom stereocenters. The maximum absolute atomic E-state index is 13.4. The maximum Gasteiger partial charge on any atom is 0.341 e. The molecule has 0 aromatic heterocycles. The van der Waals surface area contributed by atoms with Gasteiger partial charge >= 0.3 is 5.97 Å². The monoisotopic (exact) mass is 277 g/mol. The van der Waals surface area contributed by atoms with Gasteiger partial charge in [0.2, 0.25) is 0 Å². The Morgan fingerprint density at radius 2 is 1.74 bits per heavy atom. The molecule has 0 spiro atoms. The standard InChI is InChI=1S/C12H11F4NO2/c13-8-5-7(9(14)11(16)10(8)15)12(18)19-6-1-3-17-4-2-6/h5-6,17H,1-4H2. The van der Waals surface area contributed by atoms with Crippen LogP contribution >= 0.6 is 0 Å². The zero-order valence-corrected chi connectivity index (χ0v) is 9.81. The Labute approximate surface area is 106 Å². The molecule has 1 aromatic carbocycles. The van der Waals surface area contributed by atoms with Gasteiger partial charge in [-0.25, -0.2) is 22.4 Å². The first-order chi connectivity index (χ1) is 9.00. The zero-order valence-electron chi connectivity index (χ0n) is 9.81. The molecular formula is C12H11F4NO2. The van der Waals surface area contributed by atoms with Gasteiger partial charge in [0.25, 0.3) is 0 Å². The van der Waals surface area contributed by atoms with Crippen LogP contribution in [0.5, 0.6) is 0 Å². The number of rotatable bonds is 2. The number of benzene rings is 1. The molecule has 19 heavy (non-hydrogen) atoms. The summed E-state index contributed by atoms with van der Waals surface area (Å²) in [5, 5.41) is 3.03. The van der Waals surface area contributed by atoms with Crippen molar-refractivity contribution in [3.05, 3.63) is 34.9 Å². The van der Waals surface area contributed by atoms with E-state index in [1.165, 1.54) is 0 Å². The van der Waals surface area contributed by atoms with Crippen LogP contribution in [0.1, 0.15) is 23.2 Å². The van der Waals surface area contributed by atoms with E-state index < -0.39 is 40.9 Å². The summed E-state index contributed by atoms with van der Waals surface area (Å²) in [6, 6.07) is 0.303. The lowest BCUT2D eigenvalue weighted by Crippen LogP contribution is -2.34. The molecule has 0 saturated carbocycles. The van der Waals surface area contributed by atoms with Crippen molar-refractivity contribution < 1.29 is 27.1 Å². The SMILES string of the molecule is O=C(OC1CCNCC1)c1cc(F)c(F)c(F)c1F. The normalized spacial score (nSPS) is 16.4. The highest BCUT2D eigenvalue weighted by molar-refractivity contribution is 5.89. The third-order valence-corrected chi connectivity index (χ3v) is 2.88. The second kappa shape index (κ2) is 5.56. The number of piperidine rings is 1. The lowest BCUT2D eigenvalue weighted by molar-refractivity contribution is 0.0222. The Hall–Kier alpha value is -1.63. The van der Waals surface area contributed by atoms with Crippen LogP contribution in [0.2, 0.25) is 0 Å². The van der Waals surface area contributed by atoms with Crippen molar-refractivity contribution in [3.8, 4) is 0 Å². The smallest absolute Gasteiger partial charge is 0.341 e. The third-order valence-electron chi connectivity index (χ3n) is 2.88. The Morgan fingerprint density at radius 1 is 1.11 bits per heavy atom. The highest BCUT2D eigenvalue weighted by atomic mass is 19.2. The zero-order chi connectivity index (χ0) is 14.0. The number of halogens is 4. The molecule has 1 aromatic rings. The van der Waals surface area contributed by atoms with E-state index in [1.807, 2.05) is 0 Å². The topological polar surface area (TPSA) is 38.3 Å². The molecule has 1 N–H and O–H groups in total. The lowest BCUT2D eigenvalue weighted by atomic mass is 10.1. The van der Waals surface area contributed by atoms with Gasteiger partial charge in [-0.3, -0.25) is 0 Å². The number of carbonyl (C=O) groups is 1. The predicted octanol–water partition coefficient (Wildman–Crippen LogP) is 2.15. The largest absolute Gasteiger partial charge is 0.459 e. The van der Waals surface area contributed by atoms with Crippen molar-refractivity contribution in [3.63, 3.8) is 0 Å². The fraction of sp³-hybridized carbons (Fsp3) is 0.417. The van der Waals surface area contributed by atoms with E-state index in [9.17, 15) is 22.4 Å². The molecule has 0 amide bonds. The highest BCUT2D eigenvalue weighted by Crippen LogP contribution is 2.20. The molecule has 1 fully saturated rings. The van der Waals surface area contributed by atoms with Crippen LogP contribution in [0, 0.1) is 23.3 Å². The number of ether oxygens (including phenoxy) is 1. The molecule has 1 saturated heterocycles. The number of esters is 1. The first-order valence-electron chi connectivity index (χ1n) is 5.75. The Bertz CT molecular complexity index is 501. The van der Waals surface area contributed by atoms with Crippen LogP contribution in [0.3, 0.4) is 0 Å². The van der Waals surface area contributed by atoms with Gasteiger partial charge in [-0.15, -0.1) is 0 Å². The van der Waals surface area contributed by atoms with Gasteiger partial charge in [0.05, 0.1) is 0 Å². The lowest BCUT2D eigenvalue weighted by Gasteiger charge is -2.22. The first-order valence-corrected chi connectivity index (χ1v) is 5.75. The van der Waals surface area contributed by atoms with Crippen molar-refractivity contribution in [2.75, 3.05) is 13.1 Å². The molecular weight excluding hydrogens is 266 g/mol. The van der Waals surface area contributed by atoms with Crippen molar-refractivity contribution in [1.29, 1.82) is 0 Å². The van der Waals surface area contributed by atoms with Gasteiger partial charge in [0.15, 0.2) is 23.3 Å². The van der Waals surface area contributed by atoms with Crippen LogP contribution in [0.15, 0.2) is 6.07 Å². The van der Waals surface area contributed by atoms with Crippen LogP contribution in [-0.2, 0) is 4.74 Å². The average molecular weight is 277 g/mol. The van der Waals surface area contributed by atoms with Gasteiger partial charge in [0, 0.05) is 0 Å². The highest BCUT2D eigenvalue weighted by Gasteiger charge is 2.26. The Morgan fingerprint density at radius 3 is 2.37 bits per heavy atom. The van der Waals surface area contributed by atoms with E-state index in [-0.39, 0.29) is 0 Å². The quantitative estimate of drug-likeness (QED) is 0.389. The van der Waals surface area contributed by atoms with E-state index in [0.29, 0.717) is 32.0 Å². The van der Waals surface area contributed by atoms with Gasteiger partial charge < -0.3 is 10.1 Å². The van der Waals surface area contributed by atoms with Crippen LogP contribution < -0.4 is 5.32 Å². The molecule has 2 rings (SSSR count). The van der Waals surface area contributed by atoms with Gasteiger partial charge in [-0.2, -0.15) is 0 Å². The molecule has 1 aliphatic heterocycles. The number of hydrogen-bond acceptors (Lipinski definition) is 3. The minimum absolute atomic E-state index is 0.303. The summed E-state index contributed by atoms with van der Waals surface area (Å²) in [7, 11) is 0. The van der Waals surface area contributed by atoms with Crippen LogP contribution in [0.4, 0.5) is 17.6 Å². The van der Waals surface area contributed by atoms with E-state index in [0.717, 1.165) is 0 Å². The molecule has 1 heterocycles. The van der Waals surface area contributed by atoms with Crippen molar-refractivity contribution >= 4 is 5.97 Å². The Balaban J connectivity index is 2.19. The van der Waals surface area contributed by atoms with E-state index in [2.05, 4.69) is 5.32 Å². The minimum atomic E-state index is -2.02. The van der Waals surface area contributed by atoms with Crippen molar-refractivity contribution in [1.82, 2.24) is 5.32 Å². The minimum Gasteiger partial charge on any atom is -0.459 e. The number of hydrogen-bond donors (Lipinski definition) is 1. The molecule has 0 aliphatic carbocycles. The van der Waals surface area contributed by atoms with Gasteiger partial charge in [0.1, 0.15) is 11.7 Å². The molecule has 7 heteroatoms. The molecule has 0 unspecified atom stereocenters. The third kappa shape index (κ3) is 2.86. The average Bonchev–Trinajstić information content (AvgIpc) is 2.41. The molecule has 0 bridgehead atoms. The van der Waals surface area contributed by atoms with E-state index in [4.69, 9.17) is 4.74 Å². The van der Waals surface area contributed by atoms with Gasteiger partial charge in [-0.1, -0.05) is 0 Å². The van der Waals surface area contributed by atoms with Crippen LogP contribution in [0.25, 0.3) is 0 Å². The van der Waals surface area contributed by atoms with E-state index >= 15 is 0 Å². The molecule has 1 aliphatic rings. The van der Waals surface area contributed by atoms with Crippen LogP contribution in [-0.4, -0.2) is 25.2 Å². The Kier molecular flexibility index (Phi) is 4.04. The fourth-order valence-electron chi connectivity index (χ4n) is 1.85. The summed E-state index contributed by atoms with van der Waals surface area (Å²) < 4.78 is 57.0. The molecule has 3 nitrogen and oxygen atoms in total. The summed E-state index contributed by atoms with van der Waals surface area (Å²) in [6.07, 6.45) is 0.614. The predicted molar refractivity (Wildman–Crippen MR) is 57.6 cm³/mol. The maximum atomic E-state index is 13.4. The van der Waals surface area contributed by atoms with Gasteiger partial charge in [-0.05, 0) is 32.0 Å². The summed E-state index contributed by atoms with van der Waals surface area (Å²) in [4.78, 5) is 11.6. The molecule has 0 radical (unpaired) electrons. The summed E-state index contributed by atoms with van der Waals surface area (Å²) in [5.41, 5.74) is -0.935. The summed E-state index contributed by atoms with van der Waals surface area (Å²) in [5.74, 6) is -8.52. The van der Waals surface area contributed by atoms with Crippen molar-refractivity contribution in [2.45, 2.75) is 18.9 Å². The second-order valence-electron chi connectivity index (χ2n) is 4.20. The first kappa shape index (κ1) is 13.8.